The van der Waals surface area contributed by atoms with Gasteiger partial charge in [0.2, 0.25) is 0 Å². The van der Waals surface area contributed by atoms with Gasteiger partial charge >= 0.3 is 0 Å². The molecule has 2 aromatic carbocycles. The maximum Gasteiger partial charge on any atom is 0.142 e. The Labute approximate surface area is 155 Å². The molecule has 26 heavy (non-hydrogen) atoms. The lowest BCUT2D eigenvalue weighted by molar-refractivity contribution is 0.121. The fraction of sp³-hybridized carbons (Fsp3) is 0.409. The Hall–Kier alpha value is -2.33. The molecule has 0 bridgehead atoms. The normalized spacial score (nSPS) is 21.2. The third-order valence-electron chi connectivity index (χ3n) is 5.14. The Bertz CT molecular complexity index is 829. The number of rotatable bonds is 5. The second-order valence-corrected chi connectivity index (χ2v) is 7.65. The van der Waals surface area contributed by atoms with Crippen LogP contribution in [-0.4, -0.2) is 41.1 Å². The Morgan fingerprint density at radius 1 is 1.04 bits per heavy atom. The summed E-state index contributed by atoms with van der Waals surface area (Å²) in [6.45, 7) is 8.73. The molecule has 1 aromatic heterocycles. The summed E-state index contributed by atoms with van der Waals surface area (Å²) in [5.41, 5.74) is 3.05. The molecular weight excluding hydrogens is 322 g/mol. The second kappa shape index (κ2) is 7.50. The summed E-state index contributed by atoms with van der Waals surface area (Å²) in [5, 5.41) is 0. The number of para-hydroxylation sites is 3. The molecule has 0 saturated carbocycles. The van der Waals surface area contributed by atoms with Crippen LogP contribution in [0, 0.1) is 11.8 Å². The summed E-state index contributed by atoms with van der Waals surface area (Å²) in [6.07, 6.45) is 1.34. The Kier molecular flexibility index (Phi) is 4.93. The number of aromatic amines is 1. The standard InChI is InChI=1S/C22H27N3O/c1-16-13-17(2)15-25(14-16)11-12-26-21-10-6-3-7-18(21)22-23-19-8-4-5-9-20(19)24-22/h3-10,16-17H,11-15H2,1-2H3,(H,23,24). The van der Waals surface area contributed by atoms with E-state index < -0.39 is 0 Å². The molecule has 4 nitrogen and oxygen atoms in total. The third-order valence-corrected chi connectivity index (χ3v) is 5.14. The largest absolute Gasteiger partial charge is 0.491 e. The van der Waals surface area contributed by atoms with E-state index in [1.165, 1.54) is 19.5 Å². The summed E-state index contributed by atoms with van der Waals surface area (Å²) < 4.78 is 6.16. The molecular formula is C22H27N3O. The highest BCUT2D eigenvalue weighted by molar-refractivity contribution is 5.80. The minimum atomic E-state index is 0.705. The number of hydrogen-bond donors (Lipinski definition) is 1. The molecule has 0 amide bonds. The smallest absolute Gasteiger partial charge is 0.142 e. The quantitative estimate of drug-likeness (QED) is 0.733. The molecule has 1 saturated heterocycles. The monoisotopic (exact) mass is 349 g/mol. The first kappa shape index (κ1) is 17.1. The predicted molar refractivity (Wildman–Crippen MR) is 106 cm³/mol. The molecule has 2 atom stereocenters. The van der Waals surface area contributed by atoms with E-state index in [0.29, 0.717) is 6.61 Å². The van der Waals surface area contributed by atoms with Gasteiger partial charge in [-0.15, -0.1) is 0 Å². The zero-order valence-corrected chi connectivity index (χ0v) is 15.6. The number of nitrogens with one attached hydrogen (secondary N) is 1. The number of imidazole rings is 1. The molecule has 1 aliphatic rings. The van der Waals surface area contributed by atoms with Crippen LogP contribution in [0.25, 0.3) is 22.4 Å². The number of likely N-dealkylation sites (tertiary alicyclic amines) is 1. The molecule has 4 rings (SSSR count). The van der Waals surface area contributed by atoms with Crippen molar-refractivity contribution in [3.63, 3.8) is 0 Å². The molecule has 2 unspecified atom stereocenters. The third kappa shape index (κ3) is 3.75. The first-order chi connectivity index (χ1) is 12.7. The van der Waals surface area contributed by atoms with Crippen molar-refractivity contribution in [1.82, 2.24) is 14.9 Å². The second-order valence-electron chi connectivity index (χ2n) is 7.65. The van der Waals surface area contributed by atoms with E-state index >= 15 is 0 Å². The Balaban J connectivity index is 1.46. The van der Waals surface area contributed by atoms with Gasteiger partial charge in [-0.1, -0.05) is 38.1 Å². The maximum absolute atomic E-state index is 6.16. The zero-order valence-electron chi connectivity index (χ0n) is 15.6. The number of aromatic nitrogens is 2. The fourth-order valence-corrected chi connectivity index (χ4v) is 4.13. The van der Waals surface area contributed by atoms with Gasteiger partial charge in [-0.2, -0.15) is 0 Å². The van der Waals surface area contributed by atoms with Gasteiger partial charge in [-0.05, 0) is 42.5 Å². The minimum absolute atomic E-state index is 0.705. The van der Waals surface area contributed by atoms with Gasteiger partial charge in [0.25, 0.3) is 0 Å². The van der Waals surface area contributed by atoms with Gasteiger partial charge in [0.15, 0.2) is 0 Å². The zero-order chi connectivity index (χ0) is 17.9. The van der Waals surface area contributed by atoms with Crippen LogP contribution in [0.4, 0.5) is 0 Å². The van der Waals surface area contributed by atoms with Gasteiger partial charge in [-0.25, -0.2) is 4.98 Å². The summed E-state index contributed by atoms with van der Waals surface area (Å²) in [4.78, 5) is 10.6. The number of hydrogen-bond acceptors (Lipinski definition) is 3. The Morgan fingerprint density at radius 2 is 1.77 bits per heavy atom. The van der Waals surface area contributed by atoms with E-state index in [1.54, 1.807) is 0 Å². The van der Waals surface area contributed by atoms with Crippen LogP contribution in [0.1, 0.15) is 20.3 Å². The minimum Gasteiger partial charge on any atom is -0.491 e. The van der Waals surface area contributed by atoms with Crippen LogP contribution in [0.3, 0.4) is 0 Å². The number of H-pyrrole nitrogens is 1. The molecule has 1 fully saturated rings. The molecule has 0 aliphatic carbocycles. The van der Waals surface area contributed by atoms with Crippen molar-refractivity contribution in [3.8, 4) is 17.1 Å². The fourth-order valence-electron chi connectivity index (χ4n) is 4.13. The van der Waals surface area contributed by atoms with E-state index in [2.05, 4.69) is 29.8 Å². The molecule has 1 N–H and O–H groups in total. The topological polar surface area (TPSA) is 41.1 Å². The van der Waals surface area contributed by atoms with Crippen LogP contribution in [-0.2, 0) is 0 Å². The van der Waals surface area contributed by atoms with Gasteiger partial charge in [0.05, 0.1) is 16.6 Å². The lowest BCUT2D eigenvalue weighted by Crippen LogP contribution is -2.40. The number of nitrogens with zero attached hydrogens (tertiary/aromatic N) is 2. The molecule has 136 valence electrons. The molecule has 0 radical (unpaired) electrons. The van der Waals surface area contributed by atoms with Crippen LogP contribution < -0.4 is 4.74 Å². The Morgan fingerprint density at radius 3 is 2.58 bits per heavy atom. The summed E-state index contributed by atoms with van der Waals surface area (Å²) in [5.74, 6) is 3.31. The highest BCUT2D eigenvalue weighted by atomic mass is 16.5. The molecule has 2 heterocycles. The SMILES string of the molecule is CC1CC(C)CN(CCOc2ccccc2-c2nc3ccccc3[nH]2)C1. The van der Waals surface area contributed by atoms with Crippen LogP contribution >= 0.6 is 0 Å². The van der Waals surface area contributed by atoms with E-state index in [0.717, 1.165) is 46.6 Å². The summed E-state index contributed by atoms with van der Waals surface area (Å²) in [6, 6.07) is 16.3. The van der Waals surface area contributed by atoms with Crippen LogP contribution in [0.5, 0.6) is 5.75 Å². The molecule has 0 spiro atoms. The highest BCUT2D eigenvalue weighted by Crippen LogP contribution is 2.29. The van der Waals surface area contributed by atoms with Crippen molar-refractivity contribution >= 4 is 11.0 Å². The van der Waals surface area contributed by atoms with E-state index in [9.17, 15) is 0 Å². The van der Waals surface area contributed by atoms with Gasteiger partial charge in [0.1, 0.15) is 18.2 Å². The summed E-state index contributed by atoms with van der Waals surface area (Å²) >= 11 is 0. The average Bonchev–Trinajstić information content (AvgIpc) is 3.05. The van der Waals surface area contributed by atoms with E-state index in [-0.39, 0.29) is 0 Å². The number of piperidine rings is 1. The lowest BCUT2D eigenvalue weighted by atomic mass is 9.92. The molecule has 3 aromatic rings. The number of fused-ring (bicyclic) bond motifs is 1. The van der Waals surface area contributed by atoms with Gasteiger partial charge in [0, 0.05) is 19.6 Å². The number of benzene rings is 2. The molecule has 4 heteroatoms. The lowest BCUT2D eigenvalue weighted by Gasteiger charge is -2.34. The van der Waals surface area contributed by atoms with Crippen LogP contribution in [0.15, 0.2) is 48.5 Å². The van der Waals surface area contributed by atoms with Crippen molar-refractivity contribution in [2.75, 3.05) is 26.2 Å². The first-order valence-corrected chi connectivity index (χ1v) is 9.58. The van der Waals surface area contributed by atoms with Crippen molar-refractivity contribution in [3.05, 3.63) is 48.5 Å². The number of ether oxygens (including phenoxy) is 1. The van der Waals surface area contributed by atoms with Crippen molar-refractivity contribution < 1.29 is 4.74 Å². The first-order valence-electron chi connectivity index (χ1n) is 9.58. The maximum atomic E-state index is 6.16. The predicted octanol–water partition coefficient (Wildman–Crippen LogP) is 4.59. The van der Waals surface area contributed by atoms with Crippen molar-refractivity contribution in [1.29, 1.82) is 0 Å². The highest BCUT2D eigenvalue weighted by Gasteiger charge is 2.21. The molecule has 1 aliphatic heterocycles. The van der Waals surface area contributed by atoms with Crippen molar-refractivity contribution in [2.45, 2.75) is 20.3 Å². The van der Waals surface area contributed by atoms with Crippen molar-refractivity contribution in [2.24, 2.45) is 11.8 Å². The van der Waals surface area contributed by atoms with E-state index in [4.69, 9.17) is 9.72 Å². The van der Waals surface area contributed by atoms with Crippen LogP contribution in [0.2, 0.25) is 0 Å². The van der Waals surface area contributed by atoms with Gasteiger partial charge in [-0.3, -0.25) is 4.90 Å². The summed E-state index contributed by atoms with van der Waals surface area (Å²) in [7, 11) is 0. The average molecular weight is 349 g/mol. The van der Waals surface area contributed by atoms with Gasteiger partial charge < -0.3 is 9.72 Å². The van der Waals surface area contributed by atoms with E-state index in [1.807, 2.05) is 42.5 Å².